The van der Waals surface area contributed by atoms with E-state index in [1.165, 1.54) is 25.1 Å². The highest BCUT2D eigenvalue weighted by molar-refractivity contribution is 5.96. The maximum absolute atomic E-state index is 12.1. The summed E-state index contributed by atoms with van der Waals surface area (Å²) < 4.78 is 10.5. The van der Waals surface area contributed by atoms with Crippen molar-refractivity contribution in [3.8, 4) is 5.75 Å². The molecule has 0 bridgehead atoms. The van der Waals surface area contributed by atoms with Crippen LogP contribution in [0, 0.1) is 24.0 Å². The van der Waals surface area contributed by atoms with E-state index in [2.05, 4.69) is 5.32 Å². The van der Waals surface area contributed by atoms with E-state index in [0.29, 0.717) is 5.75 Å². The Balaban J connectivity index is 1.91. The van der Waals surface area contributed by atoms with Crippen molar-refractivity contribution < 1.29 is 24.0 Å². The first-order chi connectivity index (χ1) is 12.8. The van der Waals surface area contributed by atoms with Crippen LogP contribution >= 0.6 is 0 Å². The number of rotatable bonds is 7. The van der Waals surface area contributed by atoms with Crippen LogP contribution in [0.15, 0.2) is 42.5 Å². The maximum Gasteiger partial charge on any atom is 0.344 e. The fraction of sp³-hybridized carbons (Fsp3) is 0.263. The molecule has 2 rings (SSSR count). The van der Waals surface area contributed by atoms with Crippen molar-refractivity contribution >= 4 is 23.3 Å². The van der Waals surface area contributed by atoms with E-state index < -0.39 is 22.9 Å². The molecule has 1 atom stereocenters. The number of hydrogen-bond donors (Lipinski definition) is 1. The number of esters is 1. The fourth-order valence-corrected chi connectivity index (χ4v) is 2.26. The molecular formula is C19H20N2O6. The van der Waals surface area contributed by atoms with Gasteiger partial charge in [0.25, 0.3) is 11.6 Å². The second-order valence-electron chi connectivity index (χ2n) is 5.95. The van der Waals surface area contributed by atoms with Crippen molar-refractivity contribution in [2.45, 2.75) is 26.9 Å². The number of aryl methyl sites for hydroxylation is 2. The Morgan fingerprint density at radius 3 is 2.59 bits per heavy atom. The van der Waals surface area contributed by atoms with Crippen LogP contribution in [0.3, 0.4) is 0 Å². The molecule has 0 fully saturated rings. The molecule has 0 radical (unpaired) electrons. The normalized spacial score (nSPS) is 11.4. The quantitative estimate of drug-likeness (QED) is 0.454. The lowest BCUT2D eigenvalue weighted by Gasteiger charge is -2.14. The molecular weight excluding hydrogens is 352 g/mol. The highest BCUT2D eigenvalue weighted by atomic mass is 16.6. The summed E-state index contributed by atoms with van der Waals surface area (Å²) in [5.41, 5.74) is 1.64. The molecule has 142 valence electrons. The number of nitrogens with one attached hydrogen (secondary N) is 1. The molecule has 2 aromatic carbocycles. The van der Waals surface area contributed by atoms with Crippen LogP contribution in [0.4, 0.5) is 11.4 Å². The summed E-state index contributed by atoms with van der Waals surface area (Å²) in [5, 5.41) is 13.4. The van der Waals surface area contributed by atoms with Crippen LogP contribution in [0.25, 0.3) is 0 Å². The zero-order valence-corrected chi connectivity index (χ0v) is 15.2. The molecule has 0 aromatic heterocycles. The third kappa shape index (κ3) is 5.53. The third-order valence-electron chi connectivity index (χ3n) is 3.73. The molecule has 2 aromatic rings. The largest absolute Gasteiger partial charge is 0.482 e. The number of ether oxygens (including phenoxy) is 2. The topological polar surface area (TPSA) is 108 Å². The summed E-state index contributed by atoms with van der Waals surface area (Å²) in [5.74, 6) is -0.838. The number of benzene rings is 2. The molecule has 0 saturated carbocycles. The molecule has 0 aliphatic heterocycles. The van der Waals surface area contributed by atoms with Gasteiger partial charge in [-0.1, -0.05) is 24.3 Å². The van der Waals surface area contributed by atoms with Gasteiger partial charge in [0.1, 0.15) is 11.4 Å². The lowest BCUT2D eigenvalue weighted by Crippen LogP contribution is -2.31. The molecule has 27 heavy (non-hydrogen) atoms. The Morgan fingerprint density at radius 2 is 1.89 bits per heavy atom. The van der Waals surface area contributed by atoms with Gasteiger partial charge in [0.05, 0.1) is 4.92 Å². The Kier molecular flexibility index (Phi) is 6.48. The van der Waals surface area contributed by atoms with Crippen LogP contribution in [0.5, 0.6) is 5.75 Å². The molecule has 0 heterocycles. The number of nitro groups is 1. The standard InChI is InChI=1S/C19H20N2O6/c1-12-8-9-13(2)17(10-12)26-11-18(22)27-14(3)19(23)20-15-6-4-5-7-16(15)21(24)25/h4-10,14H,11H2,1-3H3,(H,20,23)/t14-/m1/s1. The molecule has 0 unspecified atom stereocenters. The minimum absolute atomic E-state index is 0.0297. The molecule has 0 aliphatic rings. The van der Waals surface area contributed by atoms with Crippen molar-refractivity contribution in [3.05, 3.63) is 63.7 Å². The molecule has 1 amide bonds. The molecule has 1 N–H and O–H groups in total. The fourth-order valence-electron chi connectivity index (χ4n) is 2.26. The first kappa shape index (κ1) is 19.9. The van der Waals surface area contributed by atoms with Crippen LogP contribution in [-0.4, -0.2) is 29.5 Å². The van der Waals surface area contributed by atoms with Crippen molar-refractivity contribution in [2.75, 3.05) is 11.9 Å². The summed E-state index contributed by atoms with van der Waals surface area (Å²) in [4.78, 5) is 34.4. The van der Waals surface area contributed by atoms with Crippen molar-refractivity contribution in [2.24, 2.45) is 0 Å². The van der Waals surface area contributed by atoms with Crippen LogP contribution in [0.1, 0.15) is 18.1 Å². The number of para-hydroxylation sites is 2. The SMILES string of the molecule is Cc1ccc(C)c(OCC(=O)O[C@H](C)C(=O)Nc2ccccc2[N+](=O)[O-])c1. The van der Waals surface area contributed by atoms with Gasteiger partial charge in [0, 0.05) is 6.07 Å². The lowest BCUT2D eigenvalue weighted by atomic mass is 10.1. The van der Waals surface area contributed by atoms with Gasteiger partial charge in [-0.25, -0.2) is 4.79 Å². The van der Waals surface area contributed by atoms with Gasteiger partial charge in [-0.05, 0) is 44.0 Å². The Bertz CT molecular complexity index is 865. The highest BCUT2D eigenvalue weighted by Gasteiger charge is 2.21. The zero-order valence-electron chi connectivity index (χ0n) is 15.2. The molecule has 0 saturated heterocycles. The van der Waals surface area contributed by atoms with E-state index in [1.54, 1.807) is 12.1 Å². The Morgan fingerprint density at radius 1 is 1.19 bits per heavy atom. The first-order valence-electron chi connectivity index (χ1n) is 8.21. The predicted octanol–water partition coefficient (Wildman–Crippen LogP) is 3.16. The Labute approximate surface area is 156 Å². The van der Waals surface area contributed by atoms with Gasteiger partial charge in [-0.2, -0.15) is 0 Å². The highest BCUT2D eigenvalue weighted by Crippen LogP contribution is 2.23. The second kappa shape index (κ2) is 8.79. The first-order valence-corrected chi connectivity index (χ1v) is 8.21. The third-order valence-corrected chi connectivity index (χ3v) is 3.73. The van der Waals surface area contributed by atoms with Gasteiger partial charge in [-0.3, -0.25) is 14.9 Å². The summed E-state index contributed by atoms with van der Waals surface area (Å²) in [7, 11) is 0. The molecule has 0 aliphatic carbocycles. The number of amides is 1. The zero-order chi connectivity index (χ0) is 20.0. The van der Waals surface area contributed by atoms with Crippen molar-refractivity contribution in [1.82, 2.24) is 0 Å². The minimum atomic E-state index is -1.14. The summed E-state index contributed by atoms with van der Waals surface area (Å²) in [6, 6.07) is 11.3. The number of carbonyl (C=O) groups excluding carboxylic acids is 2. The number of nitrogens with zero attached hydrogens (tertiary/aromatic N) is 1. The summed E-state index contributed by atoms with van der Waals surface area (Å²) >= 11 is 0. The van der Waals surface area contributed by atoms with E-state index in [4.69, 9.17) is 9.47 Å². The number of anilines is 1. The van der Waals surface area contributed by atoms with E-state index in [-0.39, 0.29) is 18.0 Å². The molecule has 0 spiro atoms. The summed E-state index contributed by atoms with van der Waals surface area (Å²) in [6.07, 6.45) is -1.14. The number of hydrogen-bond acceptors (Lipinski definition) is 6. The molecule has 8 heteroatoms. The lowest BCUT2D eigenvalue weighted by molar-refractivity contribution is -0.383. The van der Waals surface area contributed by atoms with Crippen LogP contribution in [-0.2, 0) is 14.3 Å². The van der Waals surface area contributed by atoms with Gasteiger partial charge >= 0.3 is 5.97 Å². The van der Waals surface area contributed by atoms with Gasteiger partial charge in [-0.15, -0.1) is 0 Å². The van der Waals surface area contributed by atoms with E-state index in [0.717, 1.165) is 11.1 Å². The van der Waals surface area contributed by atoms with Gasteiger partial charge < -0.3 is 14.8 Å². The average molecular weight is 372 g/mol. The predicted molar refractivity (Wildman–Crippen MR) is 98.7 cm³/mol. The number of nitro benzene ring substituents is 1. The average Bonchev–Trinajstić information content (AvgIpc) is 2.62. The van der Waals surface area contributed by atoms with E-state index >= 15 is 0 Å². The smallest absolute Gasteiger partial charge is 0.344 e. The Hall–Kier alpha value is -3.42. The monoisotopic (exact) mass is 372 g/mol. The minimum Gasteiger partial charge on any atom is -0.482 e. The van der Waals surface area contributed by atoms with Crippen LogP contribution in [0.2, 0.25) is 0 Å². The van der Waals surface area contributed by atoms with Gasteiger partial charge in [0.2, 0.25) is 0 Å². The second-order valence-corrected chi connectivity index (χ2v) is 5.95. The van der Waals surface area contributed by atoms with E-state index in [1.807, 2.05) is 26.0 Å². The summed E-state index contributed by atoms with van der Waals surface area (Å²) in [6.45, 7) is 4.77. The van der Waals surface area contributed by atoms with Crippen molar-refractivity contribution in [1.29, 1.82) is 0 Å². The maximum atomic E-state index is 12.1. The molecule has 8 nitrogen and oxygen atoms in total. The van der Waals surface area contributed by atoms with E-state index in [9.17, 15) is 19.7 Å². The van der Waals surface area contributed by atoms with Crippen LogP contribution < -0.4 is 10.1 Å². The van der Waals surface area contributed by atoms with Gasteiger partial charge in [0.15, 0.2) is 12.7 Å². The van der Waals surface area contributed by atoms with Crippen molar-refractivity contribution in [3.63, 3.8) is 0 Å². The number of carbonyl (C=O) groups is 2.